The second-order valence-corrected chi connectivity index (χ2v) is 12.2. The molecule has 2 amide bonds. The number of ether oxygens (including phenoxy) is 1. The van der Waals surface area contributed by atoms with Gasteiger partial charge in [-0.25, -0.2) is 12.8 Å². The number of hydrogen-bond donors (Lipinski definition) is 1. The van der Waals surface area contributed by atoms with Crippen LogP contribution in [0.1, 0.15) is 45.1 Å². The van der Waals surface area contributed by atoms with Crippen LogP contribution in [0.4, 0.5) is 10.1 Å². The highest BCUT2D eigenvalue weighted by Crippen LogP contribution is 2.26. The van der Waals surface area contributed by atoms with E-state index in [9.17, 15) is 22.4 Å². The van der Waals surface area contributed by atoms with Crippen molar-refractivity contribution >= 4 is 27.5 Å². The Hall–Kier alpha value is -3.92. The van der Waals surface area contributed by atoms with Gasteiger partial charge in [0.15, 0.2) is 0 Å². The van der Waals surface area contributed by atoms with Crippen molar-refractivity contribution < 1.29 is 27.1 Å². The van der Waals surface area contributed by atoms with Crippen LogP contribution in [-0.2, 0) is 26.0 Å². The van der Waals surface area contributed by atoms with Crippen molar-refractivity contribution in [2.45, 2.75) is 62.9 Å². The molecule has 0 spiro atoms. The van der Waals surface area contributed by atoms with E-state index in [1.807, 2.05) is 37.3 Å². The number of nitrogens with one attached hydrogen (secondary N) is 1. The zero-order chi connectivity index (χ0) is 30.1. The van der Waals surface area contributed by atoms with E-state index in [1.54, 1.807) is 19.1 Å². The quantitative estimate of drug-likeness (QED) is 0.302. The Morgan fingerprint density at radius 1 is 0.976 bits per heavy atom. The lowest BCUT2D eigenvalue weighted by Gasteiger charge is -2.32. The van der Waals surface area contributed by atoms with Gasteiger partial charge in [-0.3, -0.25) is 13.9 Å². The second-order valence-electron chi connectivity index (χ2n) is 10.4. The fraction of sp³-hybridized carbons (Fsp3) is 0.375. The summed E-state index contributed by atoms with van der Waals surface area (Å²) in [6.45, 7) is 3.55. The molecule has 224 valence electrons. The van der Waals surface area contributed by atoms with E-state index in [0.29, 0.717) is 18.8 Å². The van der Waals surface area contributed by atoms with Crippen LogP contribution in [0.25, 0.3) is 0 Å². The lowest BCUT2D eigenvalue weighted by atomic mass is 10.1. The van der Waals surface area contributed by atoms with Crippen LogP contribution in [0.15, 0.2) is 83.8 Å². The smallest absolute Gasteiger partial charge is 0.264 e. The molecule has 1 N–H and O–H groups in total. The molecule has 8 nitrogen and oxygen atoms in total. The molecule has 0 aliphatic heterocycles. The Balaban J connectivity index is 1.63. The van der Waals surface area contributed by atoms with Crippen LogP contribution in [0.5, 0.6) is 5.75 Å². The molecule has 1 fully saturated rings. The molecule has 0 heterocycles. The molecule has 1 aliphatic rings. The third-order valence-corrected chi connectivity index (χ3v) is 9.26. The van der Waals surface area contributed by atoms with Gasteiger partial charge in [0.25, 0.3) is 10.0 Å². The first kappa shape index (κ1) is 31.0. The average molecular weight is 596 g/mol. The maximum atomic E-state index is 14.0. The molecular weight excluding hydrogens is 557 g/mol. The highest BCUT2D eigenvalue weighted by Gasteiger charge is 2.33. The summed E-state index contributed by atoms with van der Waals surface area (Å²) in [5.74, 6) is -0.843. The lowest BCUT2D eigenvalue weighted by Crippen LogP contribution is -2.53. The fourth-order valence-corrected chi connectivity index (χ4v) is 6.51. The van der Waals surface area contributed by atoms with Crippen LogP contribution in [0.2, 0.25) is 0 Å². The standard InChI is InChI=1S/C32H38FN3O5S/c1-3-41-29-17-19-30(20-18-29)42(39,40)36(28-15-13-26(33)14-16-28)23-31(37)35(22-21-25-9-5-4-6-10-25)24(2)32(38)34-27-11-7-8-12-27/h4-6,9-10,13-20,24,27H,3,7-8,11-12,21-23H2,1-2H3,(H,34,38). The minimum absolute atomic E-state index is 0.0501. The SMILES string of the molecule is CCOc1ccc(S(=O)(=O)N(CC(=O)N(CCc2ccccc2)C(C)C(=O)NC2CCCC2)c2ccc(F)cc2)cc1. The monoisotopic (exact) mass is 595 g/mol. The molecule has 0 saturated heterocycles. The summed E-state index contributed by atoms with van der Waals surface area (Å²) in [6, 6.07) is 19.6. The van der Waals surface area contributed by atoms with Gasteiger partial charge >= 0.3 is 0 Å². The molecule has 0 aromatic heterocycles. The van der Waals surface area contributed by atoms with Gasteiger partial charge in [-0.2, -0.15) is 0 Å². The molecule has 0 radical (unpaired) electrons. The summed E-state index contributed by atoms with van der Waals surface area (Å²) in [5, 5.41) is 3.06. The summed E-state index contributed by atoms with van der Waals surface area (Å²) in [6.07, 6.45) is 4.37. The second kappa shape index (κ2) is 14.3. The molecule has 1 atom stereocenters. The predicted molar refractivity (Wildman–Crippen MR) is 160 cm³/mol. The molecule has 1 aliphatic carbocycles. The van der Waals surface area contributed by atoms with Gasteiger partial charge in [-0.15, -0.1) is 0 Å². The first-order valence-corrected chi connectivity index (χ1v) is 15.8. The molecular formula is C32H38FN3O5S. The van der Waals surface area contributed by atoms with Gasteiger partial charge in [0.05, 0.1) is 17.2 Å². The third kappa shape index (κ3) is 7.88. The van der Waals surface area contributed by atoms with Crippen molar-refractivity contribution in [3.8, 4) is 5.75 Å². The number of carbonyl (C=O) groups excluding carboxylic acids is 2. The van der Waals surface area contributed by atoms with Gasteiger partial charge in [0, 0.05) is 12.6 Å². The number of amides is 2. The molecule has 10 heteroatoms. The van der Waals surface area contributed by atoms with Gasteiger partial charge in [0.1, 0.15) is 24.2 Å². The van der Waals surface area contributed by atoms with Crippen LogP contribution in [0, 0.1) is 5.82 Å². The van der Waals surface area contributed by atoms with E-state index < -0.39 is 34.3 Å². The van der Waals surface area contributed by atoms with Gasteiger partial charge in [0.2, 0.25) is 11.8 Å². The van der Waals surface area contributed by atoms with Crippen LogP contribution >= 0.6 is 0 Å². The van der Waals surface area contributed by atoms with Crippen molar-refractivity contribution in [2.75, 3.05) is 24.0 Å². The number of anilines is 1. The number of halogens is 1. The largest absolute Gasteiger partial charge is 0.494 e. The molecule has 4 rings (SSSR count). The van der Waals surface area contributed by atoms with Crippen molar-refractivity contribution in [3.05, 3.63) is 90.2 Å². The zero-order valence-electron chi connectivity index (χ0n) is 24.0. The fourth-order valence-electron chi connectivity index (χ4n) is 5.10. The van der Waals surface area contributed by atoms with Gasteiger partial charge < -0.3 is 15.0 Å². The number of hydrogen-bond acceptors (Lipinski definition) is 5. The number of nitrogens with zero attached hydrogens (tertiary/aromatic N) is 2. The molecule has 0 bridgehead atoms. The zero-order valence-corrected chi connectivity index (χ0v) is 24.9. The maximum Gasteiger partial charge on any atom is 0.264 e. The topological polar surface area (TPSA) is 96.0 Å². The summed E-state index contributed by atoms with van der Waals surface area (Å²) in [5.41, 5.74) is 1.11. The highest BCUT2D eigenvalue weighted by molar-refractivity contribution is 7.92. The summed E-state index contributed by atoms with van der Waals surface area (Å²) < 4.78 is 48.0. The van der Waals surface area contributed by atoms with Crippen LogP contribution in [-0.4, -0.2) is 56.9 Å². The Kier molecular flexibility index (Phi) is 10.6. The number of rotatable bonds is 13. The summed E-state index contributed by atoms with van der Waals surface area (Å²) >= 11 is 0. The number of sulfonamides is 1. The lowest BCUT2D eigenvalue weighted by molar-refractivity contribution is -0.139. The normalized spacial score (nSPS) is 14.3. The van der Waals surface area contributed by atoms with Gasteiger partial charge in [-0.05, 0) is 87.2 Å². The molecule has 3 aromatic rings. The highest BCUT2D eigenvalue weighted by atomic mass is 32.2. The van der Waals surface area contributed by atoms with E-state index in [2.05, 4.69) is 5.32 Å². The summed E-state index contributed by atoms with van der Waals surface area (Å²) in [7, 11) is -4.25. The van der Waals surface area contributed by atoms with Crippen LogP contribution < -0.4 is 14.4 Å². The van der Waals surface area contributed by atoms with Crippen LogP contribution in [0.3, 0.4) is 0 Å². The first-order chi connectivity index (χ1) is 20.2. The van der Waals surface area contributed by atoms with E-state index in [0.717, 1.165) is 47.7 Å². The van der Waals surface area contributed by atoms with E-state index in [4.69, 9.17) is 4.74 Å². The minimum atomic E-state index is -4.25. The van der Waals surface area contributed by atoms with Crippen molar-refractivity contribution in [3.63, 3.8) is 0 Å². The average Bonchev–Trinajstić information content (AvgIpc) is 3.50. The molecule has 42 heavy (non-hydrogen) atoms. The Labute approximate surface area is 247 Å². The maximum absolute atomic E-state index is 14.0. The Bertz CT molecular complexity index is 1430. The first-order valence-electron chi connectivity index (χ1n) is 14.3. The molecule has 3 aromatic carbocycles. The third-order valence-electron chi connectivity index (χ3n) is 7.47. The molecule has 1 saturated carbocycles. The predicted octanol–water partition coefficient (Wildman–Crippen LogP) is 4.94. The Morgan fingerprint density at radius 2 is 1.62 bits per heavy atom. The molecule has 1 unspecified atom stereocenters. The minimum Gasteiger partial charge on any atom is -0.494 e. The van der Waals surface area contributed by atoms with Gasteiger partial charge in [-0.1, -0.05) is 43.2 Å². The Morgan fingerprint density at radius 3 is 2.24 bits per heavy atom. The van der Waals surface area contributed by atoms with Crippen molar-refractivity contribution in [2.24, 2.45) is 0 Å². The number of carbonyl (C=O) groups is 2. The summed E-state index contributed by atoms with van der Waals surface area (Å²) in [4.78, 5) is 28.6. The van der Waals surface area contributed by atoms with E-state index in [-0.39, 0.29) is 29.1 Å². The number of benzene rings is 3. The van der Waals surface area contributed by atoms with Crippen molar-refractivity contribution in [1.82, 2.24) is 10.2 Å². The van der Waals surface area contributed by atoms with E-state index in [1.165, 1.54) is 29.2 Å². The van der Waals surface area contributed by atoms with Crippen molar-refractivity contribution in [1.29, 1.82) is 0 Å². The van der Waals surface area contributed by atoms with E-state index >= 15 is 0 Å².